The van der Waals surface area contributed by atoms with E-state index in [0.717, 1.165) is 32.2 Å². The van der Waals surface area contributed by atoms with Crippen LogP contribution in [0.5, 0.6) is 0 Å². The van der Waals surface area contributed by atoms with Crippen LogP contribution in [0.4, 0.5) is 11.5 Å². The molecule has 1 aromatic heterocycles. The molecule has 1 aromatic rings. The number of hydrogen-bond donors (Lipinski definition) is 3. The molecule has 19 heavy (non-hydrogen) atoms. The number of aliphatic hydroxyl groups is 1. The van der Waals surface area contributed by atoms with Gasteiger partial charge in [-0.2, -0.15) is 0 Å². The van der Waals surface area contributed by atoms with E-state index >= 15 is 0 Å². The molecule has 104 valence electrons. The van der Waals surface area contributed by atoms with Crippen LogP contribution in [0.25, 0.3) is 0 Å². The average molecular weight is 265 g/mol. The van der Waals surface area contributed by atoms with E-state index in [2.05, 4.69) is 9.88 Å². The number of anilines is 2. The van der Waals surface area contributed by atoms with Gasteiger partial charge in [-0.15, -0.1) is 0 Å². The summed E-state index contributed by atoms with van der Waals surface area (Å²) in [5.41, 5.74) is 6.43. The number of carboxylic acids is 1. The third-order valence-corrected chi connectivity index (χ3v) is 3.47. The molecular weight excluding hydrogens is 246 g/mol. The van der Waals surface area contributed by atoms with Crippen molar-refractivity contribution in [3.63, 3.8) is 0 Å². The van der Waals surface area contributed by atoms with Gasteiger partial charge in [0.25, 0.3) is 0 Å². The van der Waals surface area contributed by atoms with Gasteiger partial charge in [-0.25, -0.2) is 9.78 Å². The largest absolute Gasteiger partial charge is 0.477 e. The Hall–Kier alpha value is -1.82. The molecule has 1 atom stereocenters. The van der Waals surface area contributed by atoms with Gasteiger partial charge >= 0.3 is 5.97 Å². The standard InChI is InChI=1S/C13H19N3O3/c14-10-5-6-11(13(18)19)15-12(10)16-7-1-3-9(16)4-2-8-17/h5-6,9,17H,1-4,7-8,14H2,(H,18,19). The number of nitrogens with two attached hydrogens (primary N) is 1. The molecular formula is C13H19N3O3. The van der Waals surface area contributed by atoms with Crippen molar-refractivity contribution in [2.24, 2.45) is 0 Å². The van der Waals surface area contributed by atoms with E-state index in [1.807, 2.05) is 0 Å². The van der Waals surface area contributed by atoms with Gasteiger partial charge in [0.2, 0.25) is 0 Å². The number of nitrogens with zero attached hydrogens (tertiary/aromatic N) is 2. The second kappa shape index (κ2) is 5.88. The Morgan fingerprint density at radius 3 is 3.00 bits per heavy atom. The number of nitrogen functional groups attached to an aromatic ring is 1. The number of rotatable bonds is 5. The van der Waals surface area contributed by atoms with Crippen LogP contribution in [-0.4, -0.2) is 40.4 Å². The van der Waals surface area contributed by atoms with Crippen LogP contribution in [0.3, 0.4) is 0 Å². The van der Waals surface area contributed by atoms with Crippen molar-refractivity contribution in [1.82, 2.24) is 4.98 Å². The van der Waals surface area contributed by atoms with Crippen molar-refractivity contribution in [2.75, 3.05) is 23.8 Å². The number of carboxylic acid groups (broad SMARTS) is 1. The molecule has 6 heteroatoms. The first kappa shape index (κ1) is 13.6. The number of aliphatic hydroxyl groups excluding tert-OH is 1. The molecule has 1 fully saturated rings. The lowest BCUT2D eigenvalue weighted by Gasteiger charge is -2.26. The molecule has 0 bridgehead atoms. The van der Waals surface area contributed by atoms with Crippen molar-refractivity contribution < 1.29 is 15.0 Å². The molecule has 0 amide bonds. The van der Waals surface area contributed by atoms with Gasteiger partial charge in [0.15, 0.2) is 11.5 Å². The number of pyridine rings is 1. The summed E-state index contributed by atoms with van der Waals surface area (Å²) in [6.45, 7) is 0.999. The fourth-order valence-corrected chi connectivity index (χ4v) is 2.55. The second-order valence-electron chi connectivity index (χ2n) is 4.77. The number of carbonyl (C=O) groups is 1. The number of aromatic nitrogens is 1. The zero-order chi connectivity index (χ0) is 13.8. The molecule has 6 nitrogen and oxygen atoms in total. The molecule has 1 unspecified atom stereocenters. The zero-order valence-corrected chi connectivity index (χ0v) is 10.7. The quantitative estimate of drug-likeness (QED) is 0.737. The Morgan fingerprint density at radius 2 is 2.32 bits per heavy atom. The Kier molecular flexibility index (Phi) is 4.21. The monoisotopic (exact) mass is 265 g/mol. The smallest absolute Gasteiger partial charge is 0.354 e. The van der Waals surface area contributed by atoms with Crippen LogP contribution >= 0.6 is 0 Å². The first-order valence-electron chi connectivity index (χ1n) is 6.51. The first-order chi connectivity index (χ1) is 9.13. The molecule has 0 radical (unpaired) electrons. The Bertz CT molecular complexity index is 464. The van der Waals surface area contributed by atoms with Crippen molar-refractivity contribution in [3.05, 3.63) is 17.8 Å². The van der Waals surface area contributed by atoms with Crippen molar-refractivity contribution in [2.45, 2.75) is 31.7 Å². The van der Waals surface area contributed by atoms with E-state index in [0.29, 0.717) is 11.5 Å². The summed E-state index contributed by atoms with van der Waals surface area (Å²) in [5, 5.41) is 17.9. The second-order valence-corrected chi connectivity index (χ2v) is 4.77. The fraction of sp³-hybridized carbons (Fsp3) is 0.538. The summed E-state index contributed by atoms with van der Waals surface area (Å²) in [5.74, 6) is -0.493. The summed E-state index contributed by atoms with van der Waals surface area (Å²) in [4.78, 5) is 17.2. The third-order valence-electron chi connectivity index (χ3n) is 3.47. The highest BCUT2D eigenvalue weighted by Gasteiger charge is 2.27. The van der Waals surface area contributed by atoms with Crippen LogP contribution in [0, 0.1) is 0 Å². The van der Waals surface area contributed by atoms with Crippen LogP contribution in [0.15, 0.2) is 12.1 Å². The lowest BCUT2D eigenvalue weighted by molar-refractivity contribution is 0.0690. The number of hydrogen-bond acceptors (Lipinski definition) is 5. The van der Waals surface area contributed by atoms with E-state index in [4.69, 9.17) is 15.9 Å². The van der Waals surface area contributed by atoms with Gasteiger partial charge in [0.1, 0.15) is 0 Å². The first-order valence-corrected chi connectivity index (χ1v) is 6.51. The summed E-state index contributed by atoms with van der Waals surface area (Å²) >= 11 is 0. The zero-order valence-electron chi connectivity index (χ0n) is 10.7. The van der Waals surface area contributed by atoms with Gasteiger partial charge < -0.3 is 20.8 Å². The summed E-state index contributed by atoms with van der Waals surface area (Å²) in [6, 6.07) is 3.29. The highest BCUT2D eigenvalue weighted by molar-refractivity contribution is 5.87. The molecule has 0 aliphatic carbocycles. The summed E-state index contributed by atoms with van der Waals surface area (Å²) < 4.78 is 0. The maximum atomic E-state index is 11.0. The molecule has 0 saturated carbocycles. The van der Waals surface area contributed by atoms with Gasteiger partial charge in [0, 0.05) is 19.2 Å². The maximum absolute atomic E-state index is 11.0. The molecule has 0 aromatic carbocycles. The van der Waals surface area contributed by atoms with Crippen molar-refractivity contribution in [1.29, 1.82) is 0 Å². The molecule has 1 aliphatic heterocycles. The minimum absolute atomic E-state index is 0.0111. The van der Waals surface area contributed by atoms with Crippen LogP contribution in [0.2, 0.25) is 0 Å². The summed E-state index contributed by atoms with van der Waals surface area (Å²) in [7, 11) is 0. The fourth-order valence-electron chi connectivity index (χ4n) is 2.55. The minimum atomic E-state index is -1.05. The van der Waals surface area contributed by atoms with Gasteiger partial charge in [-0.05, 0) is 37.8 Å². The van der Waals surface area contributed by atoms with Crippen LogP contribution < -0.4 is 10.6 Å². The predicted octanol–water partition coefficient (Wildman–Crippen LogP) is 1.10. The summed E-state index contributed by atoms with van der Waals surface area (Å²) in [6.07, 6.45) is 3.67. The number of aromatic carboxylic acids is 1. The topological polar surface area (TPSA) is 99.7 Å². The highest BCUT2D eigenvalue weighted by Crippen LogP contribution is 2.30. The predicted molar refractivity (Wildman–Crippen MR) is 72.3 cm³/mol. The van der Waals surface area contributed by atoms with Crippen LogP contribution in [-0.2, 0) is 0 Å². The van der Waals surface area contributed by atoms with Crippen molar-refractivity contribution in [3.8, 4) is 0 Å². The van der Waals surface area contributed by atoms with Crippen LogP contribution in [0.1, 0.15) is 36.2 Å². The normalized spacial score (nSPS) is 18.8. The highest BCUT2D eigenvalue weighted by atomic mass is 16.4. The third kappa shape index (κ3) is 2.96. The Balaban J connectivity index is 2.24. The van der Waals surface area contributed by atoms with E-state index in [1.165, 1.54) is 6.07 Å². The van der Waals surface area contributed by atoms with Gasteiger partial charge in [-0.3, -0.25) is 0 Å². The average Bonchev–Trinajstić information content (AvgIpc) is 2.84. The molecule has 1 aliphatic rings. The minimum Gasteiger partial charge on any atom is -0.477 e. The van der Waals surface area contributed by atoms with E-state index in [9.17, 15) is 4.79 Å². The SMILES string of the molecule is Nc1ccc(C(=O)O)nc1N1CCCC1CCCO. The lowest BCUT2D eigenvalue weighted by Crippen LogP contribution is -2.31. The Morgan fingerprint density at radius 1 is 1.53 bits per heavy atom. The van der Waals surface area contributed by atoms with Gasteiger partial charge in [0.05, 0.1) is 5.69 Å². The molecule has 2 heterocycles. The van der Waals surface area contributed by atoms with E-state index < -0.39 is 5.97 Å². The molecule has 1 saturated heterocycles. The van der Waals surface area contributed by atoms with E-state index in [1.54, 1.807) is 6.07 Å². The van der Waals surface area contributed by atoms with Crippen molar-refractivity contribution >= 4 is 17.5 Å². The molecule has 2 rings (SSSR count). The molecule has 4 N–H and O–H groups in total. The molecule has 0 spiro atoms. The van der Waals surface area contributed by atoms with Gasteiger partial charge in [-0.1, -0.05) is 0 Å². The lowest BCUT2D eigenvalue weighted by atomic mass is 10.1. The maximum Gasteiger partial charge on any atom is 0.354 e. The Labute approximate surface area is 111 Å². The van der Waals surface area contributed by atoms with E-state index in [-0.39, 0.29) is 18.3 Å².